The van der Waals surface area contributed by atoms with E-state index >= 15 is 4.39 Å². The number of halogens is 3. The fourth-order valence-electron chi connectivity index (χ4n) is 4.19. The molecule has 16 heteroatoms. The molecule has 2 N–H and O–H groups in total. The predicted molar refractivity (Wildman–Crippen MR) is 141 cm³/mol. The molecule has 0 unspecified atom stereocenters. The lowest BCUT2D eigenvalue weighted by atomic mass is 10.0. The lowest BCUT2D eigenvalue weighted by Gasteiger charge is -2.20. The summed E-state index contributed by atoms with van der Waals surface area (Å²) in [6, 6.07) is 2.95. The van der Waals surface area contributed by atoms with Crippen molar-refractivity contribution < 1.29 is 36.3 Å². The summed E-state index contributed by atoms with van der Waals surface area (Å²) in [6.07, 6.45) is 0.0316. The molecule has 4 rings (SSSR count). The number of nitrogens with one attached hydrogen (secondary N) is 1. The standard InChI is InChI=1S/C24H29F3N6O6S/c1-3-33(39-11-10-38-9-8-34)24-28-13-15-12-17(23(35)31(2)22(15)29-24)20-18(26)4-5-19(21(20)27)30-40(36,37)32-7-6-16(25)14-32/h4-5,12-13,16,30,34H,3,6-11,14H2,1-2H3/t16-/m1/s1. The van der Waals surface area contributed by atoms with Gasteiger partial charge in [0.1, 0.15) is 17.6 Å². The molecule has 2 aromatic heterocycles. The van der Waals surface area contributed by atoms with Gasteiger partial charge in [0, 0.05) is 38.3 Å². The smallest absolute Gasteiger partial charge is 0.301 e. The third-order valence-corrected chi connectivity index (χ3v) is 7.68. The van der Waals surface area contributed by atoms with Crippen molar-refractivity contribution in [2.24, 2.45) is 7.05 Å². The Morgan fingerprint density at radius 1 is 1.25 bits per heavy atom. The Balaban J connectivity index is 1.67. The Morgan fingerprint density at radius 3 is 2.70 bits per heavy atom. The van der Waals surface area contributed by atoms with Crippen molar-refractivity contribution in [3.05, 3.63) is 46.4 Å². The van der Waals surface area contributed by atoms with Gasteiger partial charge in [0.15, 0.2) is 5.82 Å². The van der Waals surface area contributed by atoms with Gasteiger partial charge in [-0.05, 0) is 31.5 Å². The van der Waals surface area contributed by atoms with E-state index in [1.165, 1.54) is 24.4 Å². The van der Waals surface area contributed by atoms with Gasteiger partial charge < -0.3 is 9.84 Å². The minimum absolute atomic E-state index is 0.0101. The lowest BCUT2D eigenvalue weighted by molar-refractivity contribution is 0.0231. The van der Waals surface area contributed by atoms with E-state index in [4.69, 9.17) is 14.7 Å². The first-order valence-corrected chi connectivity index (χ1v) is 13.9. The molecule has 0 bridgehead atoms. The SMILES string of the molecule is CCN(OCCOCCO)c1ncc2cc(-c3c(F)ccc(NS(=O)(=O)N4CC[C@@H](F)C4)c3F)c(=O)n(C)c2n1. The second-order valence-corrected chi connectivity index (χ2v) is 10.5. The maximum atomic E-state index is 15.6. The average Bonchev–Trinajstić information content (AvgIpc) is 3.38. The molecule has 0 radical (unpaired) electrons. The Bertz CT molecular complexity index is 1540. The predicted octanol–water partition coefficient (Wildman–Crippen LogP) is 1.74. The zero-order chi connectivity index (χ0) is 29.0. The van der Waals surface area contributed by atoms with Crippen LogP contribution in [0.15, 0.2) is 29.2 Å². The van der Waals surface area contributed by atoms with Crippen LogP contribution < -0.4 is 15.3 Å². The van der Waals surface area contributed by atoms with E-state index in [-0.39, 0.29) is 68.5 Å². The quantitative estimate of drug-likeness (QED) is 0.240. The number of ether oxygens (including phenoxy) is 1. The normalized spacial score (nSPS) is 16.1. The maximum absolute atomic E-state index is 15.6. The van der Waals surface area contributed by atoms with Crippen LogP contribution in [0.4, 0.5) is 24.8 Å². The molecule has 3 aromatic rings. The summed E-state index contributed by atoms with van der Waals surface area (Å²) in [5, 5.41) is 10.4. The number of anilines is 2. The van der Waals surface area contributed by atoms with Gasteiger partial charge in [-0.15, -0.1) is 0 Å². The fraction of sp³-hybridized carbons (Fsp3) is 0.458. The minimum Gasteiger partial charge on any atom is -0.394 e. The highest BCUT2D eigenvalue weighted by Gasteiger charge is 2.32. The molecule has 12 nitrogen and oxygen atoms in total. The number of pyridine rings is 1. The molecule has 1 aliphatic heterocycles. The van der Waals surface area contributed by atoms with Gasteiger partial charge in [-0.2, -0.15) is 17.7 Å². The van der Waals surface area contributed by atoms with E-state index in [0.29, 0.717) is 6.54 Å². The van der Waals surface area contributed by atoms with Crippen molar-refractivity contribution in [2.75, 3.05) is 55.8 Å². The number of aryl methyl sites for hydroxylation is 1. The number of hydrogen-bond acceptors (Lipinski definition) is 9. The molecule has 0 amide bonds. The van der Waals surface area contributed by atoms with E-state index in [0.717, 1.165) is 21.0 Å². The molecule has 1 aromatic carbocycles. The third-order valence-electron chi connectivity index (χ3n) is 6.19. The lowest BCUT2D eigenvalue weighted by Crippen LogP contribution is -2.34. The van der Waals surface area contributed by atoms with Crippen LogP contribution in [0, 0.1) is 11.6 Å². The summed E-state index contributed by atoms with van der Waals surface area (Å²) in [7, 11) is -2.95. The molecule has 0 saturated carbocycles. The molecule has 40 heavy (non-hydrogen) atoms. The highest BCUT2D eigenvalue weighted by Crippen LogP contribution is 2.31. The van der Waals surface area contributed by atoms with Crippen LogP contribution in [0.3, 0.4) is 0 Å². The van der Waals surface area contributed by atoms with E-state index in [1.807, 2.05) is 4.72 Å². The summed E-state index contributed by atoms with van der Waals surface area (Å²) in [5.41, 5.74) is -2.35. The van der Waals surface area contributed by atoms with Gasteiger partial charge in [-0.25, -0.2) is 23.2 Å². The van der Waals surface area contributed by atoms with Crippen molar-refractivity contribution >= 4 is 32.9 Å². The molecule has 3 heterocycles. The molecule has 0 aliphatic carbocycles. The van der Waals surface area contributed by atoms with Crippen LogP contribution in [0.1, 0.15) is 13.3 Å². The number of hydroxylamine groups is 1. The maximum Gasteiger partial charge on any atom is 0.301 e. The van der Waals surface area contributed by atoms with Crippen molar-refractivity contribution in [2.45, 2.75) is 19.5 Å². The van der Waals surface area contributed by atoms with E-state index < -0.39 is 44.8 Å². The fourth-order valence-corrected chi connectivity index (χ4v) is 5.46. The molecular formula is C24H29F3N6O6S. The summed E-state index contributed by atoms with van der Waals surface area (Å²) in [5.74, 6) is -2.26. The number of hydrogen-bond donors (Lipinski definition) is 2. The zero-order valence-corrected chi connectivity index (χ0v) is 22.6. The van der Waals surface area contributed by atoms with Crippen molar-refractivity contribution in [3.63, 3.8) is 0 Å². The van der Waals surface area contributed by atoms with Gasteiger partial charge in [0.25, 0.3) is 11.5 Å². The number of alkyl halides is 1. The van der Waals surface area contributed by atoms with Crippen LogP contribution in [0.5, 0.6) is 0 Å². The van der Waals surface area contributed by atoms with Crippen LogP contribution in [0.25, 0.3) is 22.2 Å². The molecule has 1 aliphatic rings. The van der Waals surface area contributed by atoms with Crippen LogP contribution in [0.2, 0.25) is 0 Å². The van der Waals surface area contributed by atoms with Crippen molar-refractivity contribution in [3.8, 4) is 11.1 Å². The summed E-state index contributed by atoms with van der Waals surface area (Å²) in [6.45, 7) is 2.09. The van der Waals surface area contributed by atoms with Gasteiger partial charge in [0.05, 0.1) is 43.2 Å². The number of benzene rings is 1. The van der Waals surface area contributed by atoms with Crippen LogP contribution >= 0.6 is 0 Å². The first-order valence-electron chi connectivity index (χ1n) is 12.4. The van der Waals surface area contributed by atoms with Gasteiger partial charge in [-0.3, -0.25) is 18.9 Å². The minimum atomic E-state index is -4.32. The number of aliphatic hydroxyl groups excluding tert-OH is 1. The highest BCUT2D eigenvalue weighted by molar-refractivity contribution is 7.90. The summed E-state index contributed by atoms with van der Waals surface area (Å²) >= 11 is 0. The van der Waals surface area contributed by atoms with Gasteiger partial charge in [0.2, 0.25) is 0 Å². The van der Waals surface area contributed by atoms with Crippen LogP contribution in [-0.2, 0) is 26.8 Å². The number of fused-ring (bicyclic) bond motifs is 1. The topological polar surface area (TPSA) is 139 Å². The van der Waals surface area contributed by atoms with E-state index in [1.54, 1.807) is 6.92 Å². The number of rotatable bonds is 12. The van der Waals surface area contributed by atoms with Gasteiger partial charge in [-0.1, -0.05) is 0 Å². The number of nitrogens with zero attached hydrogens (tertiary/aromatic N) is 5. The van der Waals surface area contributed by atoms with Crippen molar-refractivity contribution in [1.29, 1.82) is 0 Å². The molecule has 0 spiro atoms. The Kier molecular flexibility index (Phi) is 9.25. The summed E-state index contributed by atoms with van der Waals surface area (Å²) in [4.78, 5) is 27.5. The largest absolute Gasteiger partial charge is 0.394 e. The number of aliphatic hydroxyl groups is 1. The molecule has 218 valence electrons. The molecule has 1 fully saturated rings. The monoisotopic (exact) mass is 586 g/mol. The molecule has 1 saturated heterocycles. The Labute approximate surface area is 228 Å². The molecule has 1 atom stereocenters. The second kappa shape index (κ2) is 12.5. The van der Waals surface area contributed by atoms with E-state index in [2.05, 4.69) is 9.97 Å². The average molecular weight is 587 g/mol. The number of aromatic nitrogens is 3. The Hall–Kier alpha value is -3.31. The molecular weight excluding hydrogens is 557 g/mol. The third kappa shape index (κ3) is 6.20. The van der Waals surface area contributed by atoms with Gasteiger partial charge >= 0.3 is 10.2 Å². The van der Waals surface area contributed by atoms with Crippen LogP contribution in [-0.4, -0.2) is 84.6 Å². The highest BCUT2D eigenvalue weighted by atomic mass is 32.2. The second-order valence-electron chi connectivity index (χ2n) is 8.87. The zero-order valence-electron chi connectivity index (χ0n) is 21.8. The summed E-state index contributed by atoms with van der Waals surface area (Å²) < 4.78 is 78.4. The Morgan fingerprint density at radius 2 is 2.02 bits per heavy atom. The first kappa shape index (κ1) is 29.7. The first-order chi connectivity index (χ1) is 19.1. The van der Waals surface area contributed by atoms with E-state index in [9.17, 15) is 22.0 Å². The van der Waals surface area contributed by atoms with Crippen molar-refractivity contribution in [1.82, 2.24) is 18.8 Å².